The molecule has 0 spiro atoms. The molecular formula is C6HF10KN3. The Morgan fingerprint density at radius 2 is 1.10 bits per heavy atom. The van der Waals surface area contributed by atoms with Crippen LogP contribution in [0.4, 0.5) is 43.9 Å². The van der Waals surface area contributed by atoms with Gasteiger partial charge in [0.15, 0.2) is 0 Å². The van der Waals surface area contributed by atoms with E-state index in [0.29, 0.717) is 0 Å². The van der Waals surface area contributed by atoms with E-state index in [1.165, 1.54) is 0 Å². The Balaban J connectivity index is 0.00000361. The number of aromatic amines is 1. The summed E-state index contributed by atoms with van der Waals surface area (Å²) < 4.78 is 121. The number of nitrogens with one attached hydrogen (secondary N) is 1. The van der Waals surface area contributed by atoms with Crippen LogP contribution in [0.1, 0.15) is 11.6 Å². The van der Waals surface area contributed by atoms with Crippen LogP contribution in [0.2, 0.25) is 0 Å². The Kier molecular flexibility index (Phi) is 5.72. The molecule has 0 aliphatic carbocycles. The molecular weight excluding hydrogens is 343 g/mol. The molecule has 0 aliphatic rings. The quantitative estimate of drug-likeness (QED) is 0.662. The first-order valence-corrected chi connectivity index (χ1v) is 4.03. The van der Waals surface area contributed by atoms with Gasteiger partial charge in [0.25, 0.3) is 0 Å². The molecule has 0 saturated heterocycles. The van der Waals surface area contributed by atoms with Gasteiger partial charge < -0.3 is 0 Å². The van der Waals surface area contributed by atoms with E-state index in [0.717, 1.165) is 5.10 Å². The molecule has 0 unspecified atom stereocenters. The minimum absolute atomic E-state index is 0. The second-order valence-corrected chi connectivity index (χ2v) is 3.15. The molecule has 0 saturated carbocycles. The summed E-state index contributed by atoms with van der Waals surface area (Å²) in [7, 11) is 0. The standard InChI is InChI=1S/C6HF10N3.K/c7-3(8,5(11,12)13)1-17-2(19-18-1)4(9,10)6(14,15)16;/h(H,17,18,19);. The van der Waals surface area contributed by atoms with E-state index in [4.69, 9.17) is 0 Å². The smallest absolute Gasteiger partial charge is 0.257 e. The number of alkyl halides is 10. The number of halogens is 10. The summed E-state index contributed by atoms with van der Waals surface area (Å²) in [5.74, 6) is -16.5. The van der Waals surface area contributed by atoms with Crippen molar-refractivity contribution in [2.45, 2.75) is 24.2 Å². The van der Waals surface area contributed by atoms with Crippen molar-refractivity contribution < 1.29 is 43.9 Å². The van der Waals surface area contributed by atoms with Gasteiger partial charge in [-0.15, -0.1) is 0 Å². The van der Waals surface area contributed by atoms with Crippen LogP contribution in [0, 0.1) is 0 Å². The van der Waals surface area contributed by atoms with Gasteiger partial charge in [0, 0.05) is 51.4 Å². The predicted octanol–water partition coefficient (Wildman–Crippen LogP) is 2.73. The molecule has 1 aromatic rings. The monoisotopic (exact) mass is 344 g/mol. The first-order chi connectivity index (χ1) is 8.21. The van der Waals surface area contributed by atoms with Gasteiger partial charge in [-0.2, -0.15) is 49.0 Å². The maximum Gasteiger partial charge on any atom is 0.461 e. The van der Waals surface area contributed by atoms with Crippen molar-refractivity contribution in [2.24, 2.45) is 0 Å². The zero-order chi connectivity index (χ0) is 15.3. The largest absolute Gasteiger partial charge is 0.461 e. The van der Waals surface area contributed by atoms with Gasteiger partial charge in [0.05, 0.1) is 0 Å². The average molecular weight is 344 g/mol. The van der Waals surface area contributed by atoms with Gasteiger partial charge in [-0.3, -0.25) is 5.10 Å². The van der Waals surface area contributed by atoms with E-state index >= 15 is 0 Å². The van der Waals surface area contributed by atoms with Gasteiger partial charge in [-0.05, 0) is 0 Å². The van der Waals surface area contributed by atoms with E-state index in [9.17, 15) is 43.9 Å². The fourth-order valence-corrected chi connectivity index (χ4v) is 0.804. The van der Waals surface area contributed by atoms with Crippen LogP contribution >= 0.6 is 0 Å². The van der Waals surface area contributed by atoms with Crippen molar-refractivity contribution in [3.05, 3.63) is 11.6 Å². The second-order valence-electron chi connectivity index (χ2n) is 3.15. The molecule has 0 aromatic carbocycles. The molecule has 3 nitrogen and oxygen atoms in total. The van der Waals surface area contributed by atoms with Crippen LogP contribution in [0.25, 0.3) is 0 Å². The predicted molar refractivity (Wildman–Crippen MR) is 42.0 cm³/mol. The Labute approximate surface area is 145 Å². The molecule has 0 bridgehead atoms. The molecule has 111 valence electrons. The van der Waals surface area contributed by atoms with Crippen LogP contribution < -0.4 is 0 Å². The summed E-state index contributed by atoms with van der Waals surface area (Å²) in [6, 6.07) is 0. The summed E-state index contributed by atoms with van der Waals surface area (Å²) in [5.41, 5.74) is 0. The number of hydrogen-bond donors (Lipinski definition) is 1. The molecule has 1 aromatic heterocycles. The van der Waals surface area contributed by atoms with E-state index in [2.05, 4.69) is 0 Å². The van der Waals surface area contributed by atoms with Crippen molar-refractivity contribution in [3.8, 4) is 0 Å². The molecule has 0 fully saturated rings. The number of hydrogen-bond acceptors (Lipinski definition) is 2. The fourth-order valence-electron chi connectivity index (χ4n) is 0.804. The molecule has 20 heavy (non-hydrogen) atoms. The average Bonchev–Trinajstić information content (AvgIpc) is 2.62. The van der Waals surface area contributed by atoms with Crippen LogP contribution in [-0.2, 0) is 11.8 Å². The topological polar surface area (TPSA) is 41.6 Å². The van der Waals surface area contributed by atoms with E-state index in [1.54, 1.807) is 0 Å². The van der Waals surface area contributed by atoms with Crippen molar-refractivity contribution in [1.29, 1.82) is 0 Å². The number of nitrogens with zero attached hydrogens (tertiary/aromatic N) is 2. The number of rotatable bonds is 2. The van der Waals surface area contributed by atoms with Crippen molar-refractivity contribution >= 4 is 51.4 Å². The van der Waals surface area contributed by atoms with Gasteiger partial charge in [-0.1, -0.05) is 0 Å². The molecule has 1 heterocycles. The van der Waals surface area contributed by atoms with Crippen LogP contribution in [-0.4, -0.2) is 78.9 Å². The molecule has 1 radical (unpaired) electrons. The van der Waals surface area contributed by atoms with Crippen LogP contribution in [0.5, 0.6) is 0 Å². The third-order valence-corrected chi connectivity index (χ3v) is 1.78. The van der Waals surface area contributed by atoms with E-state index in [-0.39, 0.29) is 51.4 Å². The van der Waals surface area contributed by atoms with Gasteiger partial charge >= 0.3 is 24.2 Å². The second kappa shape index (κ2) is 5.70. The third kappa shape index (κ3) is 3.45. The van der Waals surface area contributed by atoms with Gasteiger partial charge in [0.2, 0.25) is 11.6 Å². The third-order valence-electron chi connectivity index (χ3n) is 1.78. The Bertz CT molecular complexity index is 420. The maximum atomic E-state index is 12.6. The SMILES string of the molecule is FC(F)(F)C(F)(F)c1n[nH]c(C(F)(F)C(F)(F)F)n1.[K]. The fraction of sp³-hybridized carbons (Fsp3) is 0.667. The first-order valence-electron chi connectivity index (χ1n) is 4.03. The summed E-state index contributed by atoms with van der Waals surface area (Å²) in [6.07, 6.45) is -12.5. The molecule has 1 rings (SSSR count). The summed E-state index contributed by atoms with van der Waals surface area (Å²) in [6.45, 7) is 0. The van der Waals surface area contributed by atoms with E-state index in [1.807, 2.05) is 10.1 Å². The summed E-state index contributed by atoms with van der Waals surface area (Å²) in [4.78, 5) is 1.88. The van der Waals surface area contributed by atoms with Gasteiger partial charge in [0.1, 0.15) is 0 Å². The zero-order valence-electron chi connectivity index (χ0n) is 9.17. The van der Waals surface area contributed by atoms with Crippen LogP contribution in [0.3, 0.4) is 0 Å². The minimum atomic E-state index is -6.24. The maximum absolute atomic E-state index is 12.6. The Hall–Kier alpha value is 0.0764. The molecule has 0 amide bonds. The van der Waals surface area contributed by atoms with Gasteiger partial charge in [-0.25, -0.2) is 4.98 Å². The summed E-state index contributed by atoms with van der Waals surface area (Å²) >= 11 is 0. The first kappa shape index (κ1) is 20.1. The molecule has 1 N–H and O–H groups in total. The molecule has 14 heteroatoms. The minimum Gasteiger partial charge on any atom is -0.257 e. The van der Waals surface area contributed by atoms with Crippen molar-refractivity contribution in [2.75, 3.05) is 0 Å². The number of H-pyrrole nitrogens is 1. The normalized spacial score (nSPS) is 14.1. The van der Waals surface area contributed by atoms with E-state index < -0.39 is 35.8 Å². The zero-order valence-corrected chi connectivity index (χ0v) is 12.3. The molecule has 0 aliphatic heterocycles. The van der Waals surface area contributed by atoms with Crippen molar-refractivity contribution in [1.82, 2.24) is 15.2 Å². The Morgan fingerprint density at radius 1 is 0.700 bits per heavy atom. The Morgan fingerprint density at radius 3 is 1.45 bits per heavy atom. The van der Waals surface area contributed by atoms with Crippen molar-refractivity contribution in [3.63, 3.8) is 0 Å². The molecule has 0 atom stereocenters. The van der Waals surface area contributed by atoms with Crippen LogP contribution in [0.15, 0.2) is 0 Å². The summed E-state index contributed by atoms with van der Waals surface area (Å²) in [5, 5.41) is 2.77. The number of aromatic nitrogens is 3.